The van der Waals surface area contributed by atoms with Gasteiger partial charge in [0.25, 0.3) is 0 Å². The van der Waals surface area contributed by atoms with Crippen LogP contribution in [0, 0.1) is 5.92 Å². The van der Waals surface area contributed by atoms with Crippen molar-refractivity contribution in [1.82, 2.24) is 4.90 Å². The van der Waals surface area contributed by atoms with Gasteiger partial charge in [0.2, 0.25) is 0 Å². The lowest BCUT2D eigenvalue weighted by molar-refractivity contribution is -0.128. The quantitative estimate of drug-likeness (QED) is 0.792. The fourth-order valence-electron chi connectivity index (χ4n) is 1.97. The van der Waals surface area contributed by atoms with Gasteiger partial charge in [-0.05, 0) is 33.6 Å². The molecule has 1 rings (SSSR count). The highest BCUT2D eigenvalue weighted by atomic mass is 16.6. The van der Waals surface area contributed by atoms with Crippen molar-refractivity contribution in [3.8, 4) is 0 Å². The van der Waals surface area contributed by atoms with E-state index < -0.39 is 5.60 Å². The minimum Gasteiger partial charge on any atom is -0.444 e. The van der Waals surface area contributed by atoms with Gasteiger partial charge in [-0.1, -0.05) is 7.43 Å². The van der Waals surface area contributed by atoms with Crippen molar-refractivity contribution >= 4 is 11.9 Å². The Labute approximate surface area is 116 Å². The van der Waals surface area contributed by atoms with Crippen molar-refractivity contribution in [2.75, 3.05) is 26.8 Å². The number of amides is 1. The highest BCUT2D eigenvalue weighted by Gasteiger charge is 2.29. The van der Waals surface area contributed by atoms with Crippen LogP contribution in [0.4, 0.5) is 4.79 Å². The summed E-state index contributed by atoms with van der Waals surface area (Å²) in [4.78, 5) is 25.1. The van der Waals surface area contributed by atoms with E-state index in [2.05, 4.69) is 0 Å². The van der Waals surface area contributed by atoms with E-state index in [4.69, 9.17) is 9.47 Å². The molecule has 112 valence electrons. The molecule has 1 amide bonds. The van der Waals surface area contributed by atoms with E-state index in [0.29, 0.717) is 25.9 Å². The van der Waals surface area contributed by atoms with Crippen LogP contribution in [0.25, 0.3) is 0 Å². The SMILES string of the molecule is C.COCC(=O)C1CCN(C(=O)OC(C)(C)C)CC1. The first-order valence-electron chi connectivity index (χ1n) is 6.33. The minimum atomic E-state index is -0.472. The molecule has 0 bridgehead atoms. The average molecular weight is 273 g/mol. The highest BCUT2D eigenvalue weighted by molar-refractivity contribution is 5.82. The monoisotopic (exact) mass is 273 g/mol. The predicted octanol–water partition coefficient (Wildman–Crippen LogP) is 2.49. The molecule has 0 N–H and O–H groups in total. The van der Waals surface area contributed by atoms with Crippen molar-refractivity contribution in [2.45, 2.75) is 46.6 Å². The second-order valence-electron chi connectivity index (χ2n) is 5.64. The standard InChI is InChI=1S/C13H23NO4.CH4/c1-13(2,3)18-12(16)14-7-5-10(6-8-14)11(15)9-17-4;/h10H,5-9H2,1-4H3;1H4. The van der Waals surface area contributed by atoms with Crippen LogP contribution >= 0.6 is 0 Å². The topological polar surface area (TPSA) is 55.8 Å². The zero-order valence-electron chi connectivity index (χ0n) is 11.7. The predicted molar refractivity (Wildman–Crippen MR) is 74.1 cm³/mol. The molecule has 0 atom stereocenters. The largest absolute Gasteiger partial charge is 0.444 e. The molecule has 0 unspecified atom stereocenters. The third-order valence-electron chi connectivity index (χ3n) is 2.89. The molecule has 5 nitrogen and oxygen atoms in total. The van der Waals surface area contributed by atoms with Gasteiger partial charge in [0.05, 0.1) is 0 Å². The maximum atomic E-state index is 11.8. The molecule has 0 spiro atoms. The number of likely N-dealkylation sites (tertiary alicyclic amines) is 1. The van der Waals surface area contributed by atoms with Gasteiger partial charge >= 0.3 is 6.09 Å². The Morgan fingerprint density at radius 3 is 2.16 bits per heavy atom. The van der Waals surface area contributed by atoms with E-state index in [1.165, 1.54) is 7.11 Å². The van der Waals surface area contributed by atoms with E-state index >= 15 is 0 Å². The Balaban J connectivity index is 0.00000324. The molecule has 19 heavy (non-hydrogen) atoms. The fourth-order valence-corrected chi connectivity index (χ4v) is 1.97. The van der Waals surface area contributed by atoms with Gasteiger partial charge in [-0.2, -0.15) is 0 Å². The molecular weight excluding hydrogens is 246 g/mol. The van der Waals surface area contributed by atoms with Gasteiger partial charge in [-0.3, -0.25) is 4.79 Å². The van der Waals surface area contributed by atoms with Gasteiger partial charge in [0.1, 0.15) is 12.2 Å². The van der Waals surface area contributed by atoms with Crippen LogP contribution in [0.15, 0.2) is 0 Å². The van der Waals surface area contributed by atoms with Crippen LogP contribution in [-0.4, -0.2) is 49.2 Å². The smallest absolute Gasteiger partial charge is 0.410 e. The first-order valence-corrected chi connectivity index (χ1v) is 6.33. The van der Waals surface area contributed by atoms with E-state index in [9.17, 15) is 9.59 Å². The molecule has 0 aromatic carbocycles. The number of carbonyl (C=O) groups is 2. The minimum absolute atomic E-state index is 0. The maximum absolute atomic E-state index is 11.8. The van der Waals surface area contributed by atoms with Gasteiger partial charge in [-0.15, -0.1) is 0 Å². The van der Waals surface area contributed by atoms with E-state index in [1.54, 1.807) is 4.90 Å². The van der Waals surface area contributed by atoms with Gasteiger partial charge in [-0.25, -0.2) is 4.79 Å². The molecule has 1 heterocycles. The summed E-state index contributed by atoms with van der Waals surface area (Å²) < 4.78 is 10.1. The first-order chi connectivity index (χ1) is 8.33. The lowest BCUT2D eigenvalue weighted by Gasteiger charge is -2.32. The summed E-state index contributed by atoms with van der Waals surface area (Å²) in [6, 6.07) is 0. The van der Waals surface area contributed by atoms with Crippen molar-refractivity contribution in [3.63, 3.8) is 0 Å². The van der Waals surface area contributed by atoms with E-state index in [1.807, 2.05) is 20.8 Å². The Hall–Kier alpha value is -1.10. The average Bonchev–Trinajstić information content (AvgIpc) is 2.27. The molecule has 1 aliphatic heterocycles. The molecule has 0 aromatic heterocycles. The number of methoxy groups -OCH3 is 1. The van der Waals surface area contributed by atoms with Crippen molar-refractivity contribution in [3.05, 3.63) is 0 Å². The van der Waals surface area contributed by atoms with Crippen molar-refractivity contribution < 1.29 is 19.1 Å². The third-order valence-corrected chi connectivity index (χ3v) is 2.89. The summed E-state index contributed by atoms with van der Waals surface area (Å²) in [5.74, 6) is 0.143. The van der Waals surface area contributed by atoms with Crippen LogP contribution in [0.5, 0.6) is 0 Å². The van der Waals surface area contributed by atoms with Gasteiger partial charge in [0.15, 0.2) is 5.78 Å². The van der Waals surface area contributed by atoms with E-state index in [-0.39, 0.29) is 31.8 Å². The number of carbonyl (C=O) groups excluding carboxylic acids is 2. The van der Waals surface area contributed by atoms with E-state index in [0.717, 1.165) is 0 Å². The number of piperidine rings is 1. The normalized spacial score (nSPS) is 16.7. The molecular formula is C14H27NO4. The Bertz CT molecular complexity index is 301. The molecule has 5 heteroatoms. The Morgan fingerprint density at radius 1 is 1.21 bits per heavy atom. The van der Waals surface area contributed by atoms with Crippen LogP contribution in [0.1, 0.15) is 41.0 Å². The summed E-state index contributed by atoms with van der Waals surface area (Å²) in [6.45, 7) is 6.86. The molecule has 0 saturated carbocycles. The summed E-state index contributed by atoms with van der Waals surface area (Å²) in [6.07, 6.45) is 1.10. The lowest BCUT2D eigenvalue weighted by atomic mass is 9.93. The number of Topliss-reactive ketones (excluding diaryl/α,β-unsaturated/α-hetero) is 1. The van der Waals surface area contributed by atoms with Crippen LogP contribution in [0.3, 0.4) is 0 Å². The summed E-state index contributed by atoms with van der Waals surface area (Å²) in [7, 11) is 1.52. The highest BCUT2D eigenvalue weighted by Crippen LogP contribution is 2.20. The molecule has 1 aliphatic rings. The summed E-state index contributed by atoms with van der Waals surface area (Å²) >= 11 is 0. The Morgan fingerprint density at radius 2 is 1.74 bits per heavy atom. The molecule has 0 aliphatic carbocycles. The number of hydrogen-bond donors (Lipinski definition) is 0. The van der Waals surface area contributed by atoms with Crippen molar-refractivity contribution in [2.24, 2.45) is 5.92 Å². The molecule has 1 saturated heterocycles. The zero-order valence-corrected chi connectivity index (χ0v) is 11.7. The number of rotatable bonds is 3. The summed E-state index contributed by atoms with van der Waals surface area (Å²) in [5.41, 5.74) is -0.472. The van der Waals surface area contributed by atoms with Crippen LogP contribution in [0.2, 0.25) is 0 Å². The van der Waals surface area contributed by atoms with Crippen molar-refractivity contribution in [1.29, 1.82) is 0 Å². The first kappa shape index (κ1) is 17.9. The van der Waals surface area contributed by atoms with Crippen LogP contribution in [-0.2, 0) is 14.3 Å². The van der Waals surface area contributed by atoms with Gasteiger partial charge in [0, 0.05) is 26.1 Å². The molecule has 1 fully saturated rings. The summed E-state index contributed by atoms with van der Waals surface area (Å²) in [5, 5.41) is 0. The molecule has 0 radical (unpaired) electrons. The number of hydrogen-bond acceptors (Lipinski definition) is 4. The van der Waals surface area contributed by atoms with Gasteiger partial charge < -0.3 is 14.4 Å². The second-order valence-corrected chi connectivity index (χ2v) is 5.64. The molecule has 0 aromatic rings. The Kier molecular flexibility index (Phi) is 7.05. The number of nitrogens with zero attached hydrogens (tertiary/aromatic N) is 1. The van der Waals surface area contributed by atoms with Crippen LogP contribution < -0.4 is 0 Å². The number of ether oxygens (including phenoxy) is 2. The third kappa shape index (κ3) is 6.05. The fraction of sp³-hybridized carbons (Fsp3) is 0.857. The number of ketones is 1. The lowest BCUT2D eigenvalue weighted by Crippen LogP contribution is -2.43. The maximum Gasteiger partial charge on any atom is 0.410 e. The zero-order chi connectivity index (χ0) is 13.8. The second kappa shape index (κ2) is 7.48.